The van der Waals surface area contributed by atoms with Crippen LogP contribution in [0.25, 0.3) is 0 Å². The van der Waals surface area contributed by atoms with Gasteiger partial charge in [-0.15, -0.1) is 0 Å². The molecule has 0 aromatic heterocycles. The van der Waals surface area contributed by atoms with E-state index >= 15 is 0 Å². The van der Waals surface area contributed by atoms with Gasteiger partial charge in [0.15, 0.2) is 0 Å². The molecule has 5 heteroatoms. The Bertz CT molecular complexity index is 377. The average molecular weight is 245 g/mol. The number of carbonyl (C=O) groups excluding carboxylic acids is 1. The van der Waals surface area contributed by atoms with E-state index in [1.165, 1.54) is 6.07 Å². The van der Waals surface area contributed by atoms with Crippen LogP contribution < -0.4 is 11.5 Å². The van der Waals surface area contributed by atoms with Gasteiger partial charge in [0.05, 0.1) is 11.3 Å². The van der Waals surface area contributed by atoms with E-state index in [1.54, 1.807) is 6.92 Å². The van der Waals surface area contributed by atoms with E-state index in [1.807, 2.05) is 0 Å². The number of amides is 1. The van der Waals surface area contributed by atoms with E-state index in [4.69, 9.17) is 11.5 Å². The summed E-state index contributed by atoms with van der Waals surface area (Å²) in [6.07, 6.45) is 0. The molecule has 0 aliphatic carbocycles. The zero-order chi connectivity index (χ0) is 10.2. The number of phenolic OH excluding ortho intramolecular Hbond substituents is 1. The van der Waals surface area contributed by atoms with E-state index in [0.29, 0.717) is 10.0 Å². The predicted octanol–water partition coefficient (Wildman–Crippen LogP) is 1.14. The van der Waals surface area contributed by atoms with Crippen LogP contribution in [-0.4, -0.2) is 11.0 Å². The number of rotatable bonds is 1. The lowest BCUT2D eigenvalue weighted by Crippen LogP contribution is -2.13. The fourth-order valence-corrected chi connectivity index (χ4v) is 1.38. The summed E-state index contributed by atoms with van der Waals surface area (Å²) >= 11 is 3.18. The highest BCUT2D eigenvalue weighted by Gasteiger charge is 2.14. The van der Waals surface area contributed by atoms with Crippen LogP contribution in [0.15, 0.2) is 10.5 Å². The number of hydrogen-bond donors (Lipinski definition) is 3. The van der Waals surface area contributed by atoms with E-state index in [9.17, 15) is 9.90 Å². The molecule has 5 N–H and O–H groups in total. The molecular weight excluding hydrogens is 236 g/mol. The first-order valence-corrected chi connectivity index (χ1v) is 4.31. The Kier molecular flexibility index (Phi) is 2.47. The van der Waals surface area contributed by atoms with Crippen LogP contribution in [0.5, 0.6) is 5.75 Å². The number of phenols is 1. The van der Waals surface area contributed by atoms with Gasteiger partial charge >= 0.3 is 0 Å². The van der Waals surface area contributed by atoms with Crippen molar-refractivity contribution in [3.8, 4) is 5.75 Å². The van der Waals surface area contributed by atoms with Crippen LogP contribution in [0.1, 0.15) is 15.9 Å². The van der Waals surface area contributed by atoms with Crippen LogP contribution in [0, 0.1) is 6.92 Å². The van der Waals surface area contributed by atoms with Crippen molar-refractivity contribution in [2.24, 2.45) is 5.73 Å². The molecule has 70 valence electrons. The molecule has 0 unspecified atom stereocenters. The number of anilines is 1. The normalized spacial score (nSPS) is 10.0. The number of hydrogen-bond acceptors (Lipinski definition) is 3. The fraction of sp³-hybridized carbons (Fsp3) is 0.125. The first-order valence-electron chi connectivity index (χ1n) is 3.52. The van der Waals surface area contributed by atoms with Crippen molar-refractivity contribution in [2.45, 2.75) is 6.92 Å². The standard InChI is InChI=1S/C8H9BrN2O2/c1-3-5(9)2-4(8(11)13)6(10)7(3)12/h2,12H,10H2,1H3,(H2,11,13). The number of halogens is 1. The van der Waals surface area contributed by atoms with Crippen molar-refractivity contribution in [3.63, 3.8) is 0 Å². The summed E-state index contributed by atoms with van der Waals surface area (Å²) < 4.78 is 0.605. The maximum Gasteiger partial charge on any atom is 0.250 e. The number of nitrogens with two attached hydrogens (primary N) is 2. The average Bonchev–Trinajstić information content (AvgIpc) is 2.07. The molecule has 1 rings (SSSR count). The molecule has 0 saturated carbocycles. The lowest BCUT2D eigenvalue weighted by atomic mass is 10.1. The smallest absolute Gasteiger partial charge is 0.250 e. The van der Waals surface area contributed by atoms with E-state index in [-0.39, 0.29) is 17.0 Å². The van der Waals surface area contributed by atoms with Crippen LogP contribution in [0.4, 0.5) is 5.69 Å². The molecule has 0 fully saturated rings. The Hall–Kier alpha value is -1.23. The lowest BCUT2D eigenvalue weighted by molar-refractivity contribution is 0.100. The fourth-order valence-electron chi connectivity index (χ4n) is 0.959. The van der Waals surface area contributed by atoms with Gasteiger partial charge in [0, 0.05) is 10.0 Å². The minimum absolute atomic E-state index is 0.0215. The molecule has 0 aliphatic rings. The summed E-state index contributed by atoms with van der Waals surface area (Å²) in [5, 5.41) is 9.45. The molecule has 1 aromatic carbocycles. The molecule has 0 saturated heterocycles. The van der Waals surface area contributed by atoms with Gasteiger partial charge in [-0.1, -0.05) is 15.9 Å². The summed E-state index contributed by atoms with van der Waals surface area (Å²) in [5.74, 6) is -0.767. The Morgan fingerprint density at radius 2 is 2.15 bits per heavy atom. The maximum absolute atomic E-state index is 10.8. The van der Waals surface area contributed by atoms with E-state index in [2.05, 4.69) is 15.9 Å². The van der Waals surface area contributed by atoms with Crippen molar-refractivity contribution in [1.29, 1.82) is 0 Å². The molecule has 1 aromatic rings. The Balaban J connectivity index is 3.50. The minimum atomic E-state index is -0.659. The van der Waals surface area contributed by atoms with E-state index < -0.39 is 5.91 Å². The maximum atomic E-state index is 10.8. The molecule has 1 amide bonds. The summed E-state index contributed by atoms with van der Waals surface area (Å²) in [6.45, 7) is 1.68. The van der Waals surface area contributed by atoms with Crippen molar-refractivity contribution >= 4 is 27.5 Å². The molecular formula is C8H9BrN2O2. The van der Waals surface area contributed by atoms with Gasteiger partial charge in [-0.05, 0) is 13.0 Å². The van der Waals surface area contributed by atoms with Gasteiger partial charge in [-0.25, -0.2) is 0 Å². The highest BCUT2D eigenvalue weighted by atomic mass is 79.9. The van der Waals surface area contributed by atoms with Crippen molar-refractivity contribution < 1.29 is 9.90 Å². The van der Waals surface area contributed by atoms with Gasteiger partial charge in [-0.3, -0.25) is 4.79 Å². The molecule has 0 spiro atoms. The third-order valence-electron chi connectivity index (χ3n) is 1.80. The zero-order valence-electron chi connectivity index (χ0n) is 6.97. The highest BCUT2D eigenvalue weighted by Crippen LogP contribution is 2.33. The van der Waals surface area contributed by atoms with Gasteiger partial charge < -0.3 is 16.6 Å². The third kappa shape index (κ3) is 1.60. The van der Waals surface area contributed by atoms with Gasteiger partial charge in [0.1, 0.15) is 5.75 Å². The second kappa shape index (κ2) is 3.26. The molecule has 0 radical (unpaired) electrons. The molecule has 4 nitrogen and oxygen atoms in total. The number of aromatic hydroxyl groups is 1. The Labute approximate surface area is 83.7 Å². The van der Waals surface area contributed by atoms with Crippen LogP contribution in [0.2, 0.25) is 0 Å². The Morgan fingerprint density at radius 3 is 2.62 bits per heavy atom. The van der Waals surface area contributed by atoms with Crippen LogP contribution in [0.3, 0.4) is 0 Å². The third-order valence-corrected chi connectivity index (χ3v) is 2.62. The molecule has 13 heavy (non-hydrogen) atoms. The second-order valence-electron chi connectivity index (χ2n) is 2.66. The van der Waals surface area contributed by atoms with Gasteiger partial charge in [0.2, 0.25) is 0 Å². The number of carbonyl (C=O) groups is 1. The summed E-state index contributed by atoms with van der Waals surface area (Å²) in [7, 11) is 0. The number of nitrogen functional groups attached to an aromatic ring is 1. The first kappa shape index (κ1) is 9.85. The summed E-state index contributed by atoms with van der Waals surface area (Å²) in [6, 6.07) is 1.49. The molecule has 0 atom stereocenters. The Morgan fingerprint density at radius 1 is 1.62 bits per heavy atom. The number of primary amides is 1. The van der Waals surface area contributed by atoms with Gasteiger partial charge in [0.25, 0.3) is 5.91 Å². The monoisotopic (exact) mass is 244 g/mol. The van der Waals surface area contributed by atoms with Gasteiger partial charge in [-0.2, -0.15) is 0 Å². The van der Waals surface area contributed by atoms with Crippen LogP contribution >= 0.6 is 15.9 Å². The van der Waals surface area contributed by atoms with Crippen LogP contribution in [-0.2, 0) is 0 Å². The predicted molar refractivity (Wildman–Crippen MR) is 53.5 cm³/mol. The summed E-state index contributed by atoms with van der Waals surface area (Å²) in [5.41, 5.74) is 11.3. The van der Waals surface area contributed by atoms with E-state index in [0.717, 1.165) is 0 Å². The SMILES string of the molecule is Cc1c(Br)cc(C(N)=O)c(N)c1O. The molecule has 0 heterocycles. The van der Waals surface area contributed by atoms with Crippen molar-refractivity contribution in [1.82, 2.24) is 0 Å². The lowest BCUT2D eigenvalue weighted by Gasteiger charge is -2.08. The largest absolute Gasteiger partial charge is 0.505 e. The van der Waals surface area contributed by atoms with Crippen molar-refractivity contribution in [3.05, 3.63) is 21.7 Å². The summed E-state index contributed by atoms with van der Waals surface area (Å²) in [4.78, 5) is 10.8. The molecule has 0 aliphatic heterocycles. The topological polar surface area (TPSA) is 89.3 Å². The highest BCUT2D eigenvalue weighted by molar-refractivity contribution is 9.10. The second-order valence-corrected chi connectivity index (χ2v) is 3.51. The number of benzene rings is 1. The minimum Gasteiger partial charge on any atom is -0.505 e. The zero-order valence-corrected chi connectivity index (χ0v) is 8.55. The van der Waals surface area contributed by atoms with Crippen molar-refractivity contribution in [2.75, 3.05) is 5.73 Å². The quantitative estimate of drug-likeness (QED) is 0.512. The first-order chi connectivity index (χ1) is 5.95. The molecule has 0 bridgehead atoms.